The zero-order valence-electron chi connectivity index (χ0n) is 18.6. The maximum Gasteiger partial charge on any atom is 0.369 e. The van der Waals surface area contributed by atoms with Crippen LogP contribution in [-0.4, -0.2) is 121 Å². The van der Waals surface area contributed by atoms with Crippen LogP contribution in [0.2, 0.25) is 0 Å². The molecule has 2 aliphatic rings. The zero-order valence-corrected chi connectivity index (χ0v) is 19.5. The minimum absolute atomic E-state index is 0.0783. The summed E-state index contributed by atoms with van der Waals surface area (Å²) in [5, 5.41) is 18.9. The maximum atomic E-state index is 11.6. The maximum absolute atomic E-state index is 11.6. The molecule has 2 aliphatic heterocycles. The summed E-state index contributed by atoms with van der Waals surface area (Å²) in [6.07, 6.45) is 0. The topological polar surface area (TPSA) is 93.1 Å². The molecule has 2 saturated heterocycles. The van der Waals surface area contributed by atoms with E-state index in [4.69, 9.17) is 0 Å². The fourth-order valence-electron chi connectivity index (χ4n) is 3.96. The molecule has 3 rings (SSSR count). The molecule has 170 valence electrons. The molecule has 1 aromatic heterocycles. The smallest absolute Gasteiger partial charge is 0.360 e. The van der Waals surface area contributed by atoms with Crippen molar-refractivity contribution in [2.75, 3.05) is 90.2 Å². The number of piperazine rings is 2. The Morgan fingerprint density at radius 1 is 0.933 bits per heavy atom. The monoisotopic (exact) mass is 440 g/mol. The van der Waals surface area contributed by atoms with Crippen molar-refractivity contribution in [2.24, 2.45) is 0 Å². The van der Waals surface area contributed by atoms with Crippen LogP contribution in [0.25, 0.3) is 0 Å². The Kier molecular flexibility index (Phi) is 8.23. The number of nitrogens with one attached hydrogen (secondary N) is 2. The normalized spacial score (nSPS) is 22.0. The largest absolute Gasteiger partial charge is 0.369 e. The number of anilines is 2. The lowest BCUT2D eigenvalue weighted by atomic mass is 10.2. The first-order chi connectivity index (χ1) is 14.3. The average molecular weight is 441 g/mol. The molecule has 1 aromatic rings. The zero-order chi connectivity index (χ0) is 21.7. The highest BCUT2D eigenvalue weighted by molar-refractivity contribution is 7.19. The quantitative estimate of drug-likeness (QED) is 0.433. The van der Waals surface area contributed by atoms with Gasteiger partial charge >= 0.3 is 5.00 Å². The Morgan fingerprint density at radius 2 is 1.40 bits per heavy atom. The standard InChI is InChI=1S/C19H36N8O2S/c1-15(13-25-9-5-23(3)6-10-25)20-17-18(27(28)29)30-19(22-17)21-16(2)14-26-11-7-24(4)8-12-26/h15-16,20H,5-14H2,1-4H3,(H,21,22). The van der Waals surface area contributed by atoms with Crippen LogP contribution in [0.5, 0.6) is 0 Å². The van der Waals surface area contributed by atoms with Crippen molar-refractivity contribution < 1.29 is 4.92 Å². The first-order valence-corrected chi connectivity index (χ1v) is 11.6. The third-order valence-corrected chi connectivity index (χ3v) is 6.72. The van der Waals surface area contributed by atoms with E-state index in [2.05, 4.69) is 63.2 Å². The van der Waals surface area contributed by atoms with Gasteiger partial charge in [-0.2, -0.15) is 4.98 Å². The number of nitrogens with zero attached hydrogens (tertiary/aromatic N) is 6. The average Bonchev–Trinajstić information content (AvgIpc) is 3.07. The molecule has 2 unspecified atom stereocenters. The first-order valence-electron chi connectivity index (χ1n) is 10.8. The van der Waals surface area contributed by atoms with Crippen molar-refractivity contribution in [1.29, 1.82) is 0 Å². The highest BCUT2D eigenvalue weighted by Crippen LogP contribution is 2.35. The Bertz CT molecular complexity index is 686. The fourth-order valence-corrected chi connectivity index (χ4v) is 4.82. The molecule has 0 aromatic carbocycles. The van der Waals surface area contributed by atoms with Gasteiger partial charge in [-0.3, -0.25) is 19.9 Å². The van der Waals surface area contributed by atoms with Gasteiger partial charge in [-0.15, -0.1) is 0 Å². The molecule has 0 amide bonds. The van der Waals surface area contributed by atoms with Gasteiger partial charge in [0.05, 0.1) is 4.92 Å². The van der Waals surface area contributed by atoms with Crippen molar-refractivity contribution in [3.05, 3.63) is 10.1 Å². The van der Waals surface area contributed by atoms with E-state index in [0.717, 1.165) is 76.8 Å². The minimum Gasteiger partial charge on any atom is -0.360 e. The first kappa shape index (κ1) is 23.1. The summed E-state index contributed by atoms with van der Waals surface area (Å²) in [6.45, 7) is 14.4. The van der Waals surface area contributed by atoms with Gasteiger partial charge in [0, 0.05) is 77.5 Å². The number of thiazole rings is 1. The molecule has 0 aliphatic carbocycles. The van der Waals surface area contributed by atoms with E-state index in [1.165, 1.54) is 0 Å². The second kappa shape index (κ2) is 10.7. The van der Waals surface area contributed by atoms with E-state index >= 15 is 0 Å². The Balaban J connectivity index is 1.54. The van der Waals surface area contributed by atoms with E-state index in [9.17, 15) is 10.1 Å². The van der Waals surface area contributed by atoms with Gasteiger partial charge in [-0.1, -0.05) is 0 Å². The highest BCUT2D eigenvalue weighted by Gasteiger charge is 2.25. The molecule has 0 spiro atoms. The number of rotatable bonds is 9. The third-order valence-electron chi connectivity index (χ3n) is 5.78. The molecule has 3 heterocycles. The minimum atomic E-state index is -0.334. The van der Waals surface area contributed by atoms with Crippen molar-refractivity contribution in [3.63, 3.8) is 0 Å². The molecular formula is C19H36N8O2S. The molecular weight excluding hydrogens is 404 g/mol. The lowest BCUT2D eigenvalue weighted by Crippen LogP contribution is -2.47. The van der Waals surface area contributed by atoms with E-state index in [-0.39, 0.29) is 22.0 Å². The van der Waals surface area contributed by atoms with Crippen LogP contribution >= 0.6 is 11.3 Å². The Hall–Kier alpha value is -1.53. The molecule has 10 nitrogen and oxygen atoms in total. The van der Waals surface area contributed by atoms with Crippen molar-refractivity contribution in [1.82, 2.24) is 24.6 Å². The molecule has 0 saturated carbocycles. The number of nitro groups is 1. The SMILES string of the molecule is CC(CN1CCN(C)CC1)Nc1nc(NC(C)CN2CCN(C)CC2)c([N+](=O)[O-])s1. The summed E-state index contributed by atoms with van der Waals surface area (Å²) in [5.74, 6) is 0.376. The molecule has 0 radical (unpaired) electrons. The van der Waals surface area contributed by atoms with E-state index in [1.807, 2.05) is 0 Å². The lowest BCUT2D eigenvalue weighted by molar-refractivity contribution is -0.379. The summed E-state index contributed by atoms with van der Waals surface area (Å²) in [6, 6.07) is 0.264. The van der Waals surface area contributed by atoms with Gasteiger partial charge in [0.25, 0.3) is 0 Å². The summed E-state index contributed by atoms with van der Waals surface area (Å²) >= 11 is 1.12. The second-order valence-electron chi connectivity index (χ2n) is 8.73. The Morgan fingerprint density at radius 3 is 1.87 bits per heavy atom. The van der Waals surface area contributed by atoms with E-state index in [0.29, 0.717) is 10.9 Å². The molecule has 2 fully saturated rings. The second-order valence-corrected chi connectivity index (χ2v) is 9.71. The van der Waals surface area contributed by atoms with Crippen molar-refractivity contribution >= 4 is 27.3 Å². The van der Waals surface area contributed by atoms with Crippen LogP contribution in [0, 0.1) is 10.1 Å². The summed E-state index contributed by atoms with van der Waals surface area (Å²) in [5.41, 5.74) is 0. The van der Waals surface area contributed by atoms with Gasteiger partial charge in [0.15, 0.2) is 5.13 Å². The number of aromatic nitrogens is 1. The van der Waals surface area contributed by atoms with Crippen LogP contribution in [0.4, 0.5) is 16.0 Å². The van der Waals surface area contributed by atoms with Crippen LogP contribution < -0.4 is 10.6 Å². The Labute approximate surface area is 183 Å². The number of hydrogen-bond donors (Lipinski definition) is 2. The summed E-state index contributed by atoms with van der Waals surface area (Å²) in [7, 11) is 4.28. The third kappa shape index (κ3) is 6.74. The lowest BCUT2D eigenvalue weighted by Gasteiger charge is -2.34. The molecule has 30 heavy (non-hydrogen) atoms. The highest BCUT2D eigenvalue weighted by atomic mass is 32.1. The molecule has 2 N–H and O–H groups in total. The number of likely N-dealkylation sites (N-methyl/N-ethyl adjacent to an activating group) is 2. The summed E-state index contributed by atoms with van der Waals surface area (Å²) < 4.78 is 0. The van der Waals surface area contributed by atoms with Gasteiger partial charge in [-0.05, 0) is 39.3 Å². The van der Waals surface area contributed by atoms with E-state index < -0.39 is 0 Å². The van der Waals surface area contributed by atoms with Crippen LogP contribution in [-0.2, 0) is 0 Å². The van der Waals surface area contributed by atoms with Gasteiger partial charge in [-0.25, -0.2) is 0 Å². The molecule has 11 heteroatoms. The van der Waals surface area contributed by atoms with Crippen molar-refractivity contribution in [3.8, 4) is 0 Å². The van der Waals surface area contributed by atoms with Crippen LogP contribution in [0.1, 0.15) is 13.8 Å². The molecule has 2 atom stereocenters. The van der Waals surface area contributed by atoms with Gasteiger partial charge in [0.1, 0.15) is 0 Å². The predicted molar refractivity (Wildman–Crippen MR) is 123 cm³/mol. The summed E-state index contributed by atoms with van der Waals surface area (Å²) in [4.78, 5) is 25.2. The number of hydrogen-bond acceptors (Lipinski definition) is 10. The van der Waals surface area contributed by atoms with Crippen LogP contribution in [0.15, 0.2) is 0 Å². The fraction of sp³-hybridized carbons (Fsp3) is 0.842. The predicted octanol–water partition coefficient (Wildman–Crippen LogP) is 1.15. The van der Waals surface area contributed by atoms with Gasteiger partial charge in [0.2, 0.25) is 5.82 Å². The van der Waals surface area contributed by atoms with Crippen LogP contribution in [0.3, 0.4) is 0 Å². The van der Waals surface area contributed by atoms with Gasteiger partial charge < -0.3 is 20.4 Å². The van der Waals surface area contributed by atoms with E-state index in [1.54, 1.807) is 0 Å². The molecule has 0 bridgehead atoms. The van der Waals surface area contributed by atoms with Crippen molar-refractivity contribution in [2.45, 2.75) is 25.9 Å².